The molecule has 1 amide bonds. The Bertz CT molecular complexity index is 1060. The first-order valence-corrected chi connectivity index (χ1v) is 10.2. The molecule has 4 nitrogen and oxygen atoms in total. The number of allylic oxidation sites excluding steroid dienone is 4. The smallest absolute Gasteiger partial charge is 0.412 e. The van der Waals surface area contributed by atoms with Crippen molar-refractivity contribution in [1.82, 2.24) is 0 Å². The number of amides is 1. The third kappa shape index (κ3) is 5.99. The molecule has 0 radical (unpaired) electrons. The molecule has 0 aromatic heterocycles. The van der Waals surface area contributed by atoms with Crippen LogP contribution in [0.5, 0.6) is 5.75 Å². The Morgan fingerprint density at radius 1 is 0.971 bits per heavy atom. The third-order valence-electron chi connectivity index (χ3n) is 5.39. The normalized spacial score (nSPS) is 17.6. The number of hydrogen-bond acceptors (Lipinski definition) is 3. The molecule has 182 valence electrons. The van der Waals surface area contributed by atoms with Gasteiger partial charge in [0.15, 0.2) is 0 Å². The number of phenolic OH excluding ortho intramolecular Hbond substituents is 1. The van der Waals surface area contributed by atoms with Gasteiger partial charge in [-0.3, -0.25) is 9.69 Å². The molecule has 1 aliphatic rings. The van der Waals surface area contributed by atoms with E-state index in [1.807, 2.05) is 0 Å². The average Bonchev–Trinajstić information content (AvgIpc) is 2.78. The van der Waals surface area contributed by atoms with E-state index in [4.69, 9.17) is 0 Å². The average molecular weight is 485 g/mol. The molecule has 2 N–H and O–H groups in total. The van der Waals surface area contributed by atoms with Gasteiger partial charge >= 0.3 is 12.4 Å². The van der Waals surface area contributed by atoms with Gasteiger partial charge in [-0.15, -0.1) is 0 Å². The molecule has 2 aromatic carbocycles. The summed E-state index contributed by atoms with van der Waals surface area (Å²) in [7, 11) is 0. The predicted molar refractivity (Wildman–Crippen MR) is 113 cm³/mol. The summed E-state index contributed by atoms with van der Waals surface area (Å²) >= 11 is 0. The summed E-state index contributed by atoms with van der Waals surface area (Å²) in [4.78, 5) is 14.6. The van der Waals surface area contributed by atoms with Crippen molar-refractivity contribution in [2.24, 2.45) is 11.8 Å². The summed E-state index contributed by atoms with van der Waals surface area (Å²) < 4.78 is 79.6. The first-order chi connectivity index (χ1) is 15.9. The Labute approximate surface area is 191 Å². The summed E-state index contributed by atoms with van der Waals surface area (Å²) in [5.74, 6) is -4.46. The molecular formula is C24H21F6NO3. The molecule has 34 heavy (non-hydrogen) atoms. The summed E-state index contributed by atoms with van der Waals surface area (Å²) in [5, 5.41) is 19.4. The van der Waals surface area contributed by atoms with Crippen LogP contribution in [0.15, 0.2) is 77.9 Å². The molecular weight excluding hydrogens is 464 g/mol. The highest BCUT2D eigenvalue weighted by Gasteiger charge is 2.45. The lowest BCUT2D eigenvalue weighted by Crippen LogP contribution is -2.35. The van der Waals surface area contributed by atoms with E-state index in [1.54, 1.807) is 30.3 Å². The van der Waals surface area contributed by atoms with Gasteiger partial charge in [0.1, 0.15) is 5.75 Å². The van der Waals surface area contributed by atoms with Gasteiger partial charge < -0.3 is 10.2 Å². The van der Waals surface area contributed by atoms with E-state index < -0.39 is 55.1 Å². The van der Waals surface area contributed by atoms with Crippen LogP contribution in [0.1, 0.15) is 12.8 Å². The fourth-order valence-electron chi connectivity index (χ4n) is 3.70. The van der Waals surface area contributed by atoms with E-state index >= 15 is 0 Å². The van der Waals surface area contributed by atoms with E-state index in [0.29, 0.717) is 23.5 Å². The van der Waals surface area contributed by atoms with Gasteiger partial charge in [-0.05, 0) is 49.2 Å². The maximum absolute atomic E-state index is 13.4. The molecule has 0 aliphatic heterocycles. The molecule has 2 unspecified atom stereocenters. The van der Waals surface area contributed by atoms with Gasteiger partial charge in [-0.25, -0.2) is 0 Å². The largest absolute Gasteiger partial charge is 0.508 e. The van der Waals surface area contributed by atoms with Crippen LogP contribution >= 0.6 is 0 Å². The molecule has 3 rings (SSSR count). The minimum absolute atomic E-state index is 0.0710. The van der Waals surface area contributed by atoms with Crippen molar-refractivity contribution in [3.05, 3.63) is 77.9 Å². The number of anilines is 2. The van der Waals surface area contributed by atoms with Gasteiger partial charge in [-0.1, -0.05) is 35.9 Å². The number of aliphatic hydroxyl groups is 1. The van der Waals surface area contributed by atoms with E-state index in [9.17, 15) is 41.4 Å². The van der Waals surface area contributed by atoms with Crippen LogP contribution < -0.4 is 4.90 Å². The van der Waals surface area contributed by atoms with E-state index in [-0.39, 0.29) is 11.3 Å². The quantitative estimate of drug-likeness (QED) is 0.490. The SMILES string of the molecule is O=C(C(CO)CC1=CC(C(F)(F)F)CC(C(F)(F)F)=C1)N(c1ccccc1)c1ccc(O)cc1. The number of halogens is 6. The van der Waals surface area contributed by atoms with Crippen LogP contribution in [-0.2, 0) is 4.79 Å². The third-order valence-corrected chi connectivity index (χ3v) is 5.39. The maximum Gasteiger partial charge on any atom is 0.412 e. The Morgan fingerprint density at radius 2 is 1.56 bits per heavy atom. The molecule has 10 heteroatoms. The van der Waals surface area contributed by atoms with Crippen molar-refractivity contribution < 1.29 is 41.4 Å². The van der Waals surface area contributed by atoms with E-state index in [1.165, 1.54) is 29.2 Å². The zero-order valence-corrected chi connectivity index (χ0v) is 17.6. The van der Waals surface area contributed by atoms with Crippen LogP contribution in [-0.4, -0.2) is 35.1 Å². The highest BCUT2D eigenvalue weighted by Crippen LogP contribution is 2.42. The number of aliphatic hydroxyl groups excluding tert-OH is 1. The van der Waals surface area contributed by atoms with Gasteiger partial charge in [-0.2, -0.15) is 26.3 Å². The van der Waals surface area contributed by atoms with E-state index in [2.05, 4.69) is 0 Å². The topological polar surface area (TPSA) is 60.8 Å². The Morgan fingerprint density at radius 3 is 2.09 bits per heavy atom. The summed E-state index contributed by atoms with van der Waals surface area (Å²) in [5.41, 5.74) is -0.999. The van der Waals surface area contributed by atoms with Crippen LogP contribution in [0.3, 0.4) is 0 Å². The zero-order valence-electron chi connectivity index (χ0n) is 17.6. The molecule has 0 bridgehead atoms. The second-order valence-electron chi connectivity index (χ2n) is 7.87. The first kappa shape index (κ1) is 25.4. The van der Waals surface area contributed by atoms with Gasteiger partial charge in [0, 0.05) is 16.9 Å². The second-order valence-corrected chi connectivity index (χ2v) is 7.87. The molecule has 2 aromatic rings. The van der Waals surface area contributed by atoms with Crippen molar-refractivity contribution in [1.29, 1.82) is 0 Å². The van der Waals surface area contributed by atoms with Crippen molar-refractivity contribution in [2.45, 2.75) is 25.2 Å². The Balaban J connectivity index is 1.97. The molecule has 2 atom stereocenters. The lowest BCUT2D eigenvalue weighted by Gasteiger charge is -2.29. The molecule has 1 aliphatic carbocycles. The Hall–Kier alpha value is -3.27. The summed E-state index contributed by atoms with van der Waals surface area (Å²) in [6.07, 6.45) is -10.3. The lowest BCUT2D eigenvalue weighted by molar-refractivity contribution is -0.166. The standard InChI is InChI=1S/C24H21F6NO3/c25-23(26,27)17-11-15(12-18(13-17)24(28,29)30)10-16(14-32)22(34)31(19-4-2-1-3-5-19)20-6-8-21(33)9-7-20/h1-9,11-12,16-17,32-33H,10,13-14H2. The number of para-hydroxylation sites is 1. The van der Waals surface area contributed by atoms with Gasteiger partial charge in [0.25, 0.3) is 0 Å². The fourth-order valence-corrected chi connectivity index (χ4v) is 3.70. The minimum Gasteiger partial charge on any atom is -0.508 e. The predicted octanol–water partition coefficient (Wildman–Crippen LogP) is 6.05. The highest BCUT2D eigenvalue weighted by atomic mass is 19.4. The zero-order chi connectivity index (χ0) is 25.1. The molecule has 0 saturated carbocycles. The highest BCUT2D eigenvalue weighted by molar-refractivity contribution is 6.02. The number of benzene rings is 2. The van der Waals surface area contributed by atoms with Crippen LogP contribution in [0.25, 0.3) is 0 Å². The van der Waals surface area contributed by atoms with Gasteiger partial charge in [0.2, 0.25) is 5.91 Å². The fraction of sp³-hybridized carbons (Fsp3) is 0.292. The van der Waals surface area contributed by atoms with Crippen LogP contribution in [0.2, 0.25) is 0 Å². The molecule has 0 fully saturated rings. The van der Waals surface area contributed by atoms with Crippen molar-refractivity contribution in [2.75, 3.05) is 11.5 Å². The van der Waals surface area contributed by atoms with Crippen LogP contribution in [0, 0.1) is 11.8 Å². The number of alkyl halides is 6. The number of rotatable bonds is 6. The van der Waals surface area contributed by atoms with Crippen molar-refractivity contribution >= 4 is 17.3 Å². The Kier molecular flexibility index (Phi) is 7.40. The summed E-state index contributed by atoms with van der Waals surface area (Å²) in [6, 6.07) is 13.6. The number of aromatic hydroxyl groups is 1. The lowest BCUT2D eigenvalue weighted by atomic mass is 9.85. The summed E-state index contributed by atoms with van der Waals surface area (Å²) in [6.45, 7) is -0.802. The van der Waals surface area contributed by atoms with Crippen molar-refractivity contribution in [3.63, 3.8) is 0 Å². The maximum atomic E-state index is 13.4. The number of carbonyl (C=O) groups excluding carboxylic acids is 1. The molecule has 0 saturated heterocycles. The second kappa shape index (κ2) is 9.92. The molecule has 0 spiro atoms. The first-order valence-electron chi connectivity index (χ1n) is 10.2. The van der Waals surface area contributed by atoms with E-state index in [0.717, 1.165) is 0 Å². The number of carbonyl (C=O) groups is 1. The minimum atomic E-state index is -4.95. The monoisotopic (exact) mass is 485 g/mol. The number of nitrogens with zero attached hydrogens (tertiary/aromatic N) is 1. The van der Waals surface area contributed by atoms with Crippen molar-refractivity contribution in [3.8, 4) is 5.75 Å². The number of hydrogen-bond donors (Lipinski definition) is 2. The molecule has 0 heterocycles. The number of phenols is 1. The van der Waals surface area contributed by atoms with Crippen LogP contribution in [0.4, 0.5) is 37.7 Å². The van der Waals surface area contributed by atoms with Gasteiger partial charge in [0.05, 0.1) is 18.4 Å².